The first kappa shape index (κ1) is 13.2. The van der Waals surface area contributed by atoms with Crippen LogP contribution in [0.25, 0.3) is 10.8 Å². The Morgan fingerprint density at radius 3 is 2.67 bits per heavy atom. The SMILES string of the molecule is CCC(C)COc1ccc2ccccc2c1CCl. The molecular formula is C16H19ClO. The maximum absolute atomic E-state index is 6.08. The van der Waals surface area contributed by atoms with Crippen molar-refractivity contribution in [1.29, 1.82) is 0 Å². The minimum absolute atomic E-state index is 0.483. The topological polar surface area (TPSA) is 9.23 Å². The summed E-state index contributed by atoms with van der Waals surface area (Å²) in [4.78, 5) is 0. The molecule has 0 spiro atoms. The third kappa shape index (κ3) is 2.78. The van der Waals surface area contributed by atoms with Crippen molar-refractivity contribution in [3.8, 4) is 5.75 Å². The summed E-state index contributed by atoms with van der Waals surface area (Å²) < 4.78 is 5.90. The lowest BCUT2D eigenvalue weighted by Crippen LogP contribution is -2.08. The van der Waals surface area contributed by atoms with Crippen LogP contribution >= 0.6 is 11.6 Å². The van der Waals surface area contributed by atoms with E-state index in [1.54, 1.807) is 0 Å². The Morgan fingerprint density at radius 1 is 1.17 bits per heavy atom. The van der Waals surface area contributed by atoms with Crippen molar-refractivity contribution >= 4 is 22.4 Å². The lowest BCUT2D eigenvalue weighted by molar-refractivity contribution is 0.255. The van der Waals surface area contributed by atoms with Crippen LogP contribution in [-0.4, -0.2) is 6.61 Å². The van der Waals surface area contributed by atoms with Crippen molar-refractivity contribution < 1.29 is 4.74 Å². The molecule has 0 saturated carbocycles. The predicted molar refractivity (Wildman–Crippen MR) is 78.5 cm³/mol. The largest absolute Gasteiger partial charge is 0.493 e. The van der Waals surface area contributed by atoms with E-state index in [1.807, 2.05) is 18.2 Å². The van der Waals surface area contributed by atoms with E-state index in [0.29, 0.717) is 11.8 Å². The summed E-state index contributed by atoms with van der Waals surface area (Å²) in [6, 6.07) is 12.4. The van der Waals surface area contributed by atoms with Gasteiger partial charge in [0.05, 0.1) is 12.5 Å². The second-order valence-corrected chi connectivity index (χ2v) is 4.99. The maximum Gasteiger partial charge on any atom is 0.124 e. The summed E-state index contributed by atoms with van der Waals surface area (Å²) in [6.45, 7) is 5.12. The number of fused-ring (bicyclic) bond motifs is 1. The summed E-state index contributed by atoms with van der Waals surface area (Å²) in [7, 11) is 0. The van der Waals surface area contributed by atoms with Gasteiger partial charge in [0.15, 0.2) is 0 Å². The molecular weight excluding hydrogens is 244 g/mol. The molecule has 1 nitrogen and oxygen atoms in total. The molecule has 2 aromatic carbocycles. The van der Waals surface area contributed by atoms with E-state index in [9.17, 15) is 0 Å². The monoisotopic (exact) mass is 262 g/mol. The fourth-order valence-corrected chi connectivity index (χ4v) is 2.21. The highest BCUT2D eigenvalue weighted by atomic mass is 35.5. The Bertz CT molecular complexity index is 521. The van der Waals surface area contributed by atoms with Gasteiger partial charge in [0.1, 0.15) is 5.75 Å². The number of ether oxygens (including phenoxy) is 1. The molecule has 2 heteroatoms. The molecule has 0 aromatic heterocycles. The van der Waals surface area contributed by atoms with Crippen LogP contribution in [-0.2, 0) is 5.88 Å². The van der Waals surface area contributed by atoms with Crippen molar-refractivity contribution in [3.05, 3.63) is 42.0 Å². The van der Waals surface area contributed by atoms with Crippen LogP contribution in [0.1, 0.15) is 25.8 Å². The number of halogens is 1. The van der Waals surface area contributed by atoms with E-state index in [-0.39, 0.29) is 0 Å². The van der Waals surface area contributed by atoms with E-state index in [4.69, 9.17) is 16.3 Å². The zero-order valence-corrected chi connectivity index (χ0v) is 11.7. The molecule has 2 aromatic rings. The van der Waals surface area contributed by atoms with Gasteiger partial charge in [-0.2, -0.15) is 0 Å². The average molecular weight is 263 g/mol. The van der Waals surface area contributed by atoms with Gasteiger partial charge in [0.25, 0.3) is 0 Å². The van der Waals surface area contributed by atoms with Crippen LogP contribution < -0.4 is 4.74 Å². The minimum Gasteiger partial charge on any atom is -0.493 e. The number of hydrogen-bond acceptors (Lipinski definition) is 1. The van der Waals surface area contributed by atoms with Crippen LogP contribution in [0.15, 0.2) is 36.4 Å². The smallest absolute Gasteiger partial charge is 0.124 e. The zero-order chi connectivity index (χ0) is 13.0. The second kappa shape index (κ2) is 6.10. The van der Waals surface area contributed by atoms with E-state index in [1.165, 1.54) is 10.8 Å². The fraction of sp³-hybridized carbons (Fsp3) is 0.375. The first-order valence-electron chi connectivity index (χ1n) is 6.45. The molecule has 0 aliphatic rings. The lowest BCUT2D eigenvalue weighted by Gasteiger charge is -2.15. The van der Waals surface area contributed by atoms with Gasteiger partial charge in [-0.25, -0.2) is 0 Å². The van der Waals surface area contributed by atoms with Crippen molar-refractivity contribution in [3.63, 3.8) is 0 Å². The highest BCUT2D eigenvalue weighted by molar-refractivity contribution is 6.18. The predicted octanol–water partition coefficient (Wildman–Crippen LogP) is 5.00. The van der Waals surface area contributed by atoms with Crippen molar-refractivity contribution in [2.45, 2.75) is 26.1 Å². The molecule has 0 aliphatic carbocycles. The molecule has 1 atom stereocenters. The molecule has 0 bridgehead atoms. The van der Waals surface area contributed by atoms with Gasteiger partial charge >= 0.3 is 0 Å². The van der Waals surface area contributed by atoms with Gasteiger partial charge in [-0.05, 0) is 22.8 Å². The van der Waals surface area contributed by atoms with Crippen LogP contribution in [0.5, 0.6) is 5.75 Å². The van der Waals surface area contributed by atoms with Gasteiger partial charge in [-0.3, -0.25) is 0 Å². The van der Waals surface area contributed by atoms with Crippen LogP contribution in [0, 0.1) is 5.92 Å². The lowest BCUT2D eigenvalue weighted by atomic mass is 10.0. The molecule has 18 heavy (non-hydrogen) atoms. The Morgan fingerprint density at radius 2 is 1.94 bits per heavy atom. The molecule has 0 radical (unpaired) electrons. The first-order valence-corrected chi connectivity index (χ1v) is 6.99. The van der Waals surface area contributed by atoms with Gasteiger partial charge in [0, 0.05) is 5.56 Å². The molecule has 0 saturated heterocycles. The highest BCUT2D eigenvalue weighted by Gasteiger charge is 2.09. The quantitative estimate of drug-likeness (QED) is 0.689. The Labute approximate surface area is 114 Å². The summed E-state index contributed by atoms with van der Waals surface area (Å²) >= 11 is 6.08. The molecule has 0 aliphatic heterocycles. The molecule has 0 heterocycles. The minimum atomic E-state index is 0.483. The molecule has 2 rings (SSSR count). The third-order valence-corrected chi connectivity index (χ3v) is 3.62. The number of alkyl halides is 1. The Kier molecular flexibility index (Phi) is 4.48. The number of rotatable bonds is 5. The fourth-order valence-electron chi connectivity index (χ4n) is 1.94. The molecule has 0 N–H and O–H groups in total. The van der Waals surface area contributed by atoms with Crippen LogP contribution in [0.4, 0.5) is 0 Å². The Balaban J connectivity index is 2.33. The molecule has 1 unspecified atom stereocenters. The van der Waals surface area contributed by atoms with Crippen molar-refractivity contribution in [2.75, 3.05) is 6.61 Å². The average Bonchev–Trinajstić information content (AvgIpc) is 2.43. The normalized spacial score (nSPS) is 12.6. The molecule has 96 valence electrons. The molecule has 0 amide bonds. The van der Waals surface area contributed by atoms with Gasteiger partial charge < -0.3 is 4.74 Å². The molecule has 0 fully saturated rings. The maximum atomic E-state index is 6.08. The number of benzene rings is 2. The van der Waals surface area contributed by atoms with Crippen molar-refractivity contribution in [1.82, 2.24) is 0 Å². The zero-order valence-electron chi connectivity index (χ0n) is 10.9. The Hall–Kier alpha value is -1.21. The van der Waals surface area contributed by atoms with Gasteiger partial charge in [-0.15, -0.1) is 11.6 Å². The van der Waals surface area contributed by atoms with Crippen LogP contribution in [0.2, 0.25) is 0 Å². The van der Waals surface area contributed by atoms with E-state index >= 15 is 0 Å². The summed E-state index contributed by atoms with van der Waals surface area (Å²) in [6.07, 6.45) is 1.13. The standard InChI is InChI=1S/C16H19ClO/c1-3-12(2)11-18-16-9-8-13-6-4-5-7-14(13)15(16)10-17/h4-9,12H,3,10-11H2,1-2H3. The van der Waals surface area contributed by atoms with E-state index in [0.717, 1.165) is 24.3 Å². The number of hydrogen-bond donors (Lipinski definition) is 0. The highest BCUT2D eigenvalue weighted by Crippen LogP contribution is 2.29. The summed E-state index contributed by atoms with van der Waals surface area (Å²) in [5.41, 5.74) is 1.10. The van der Waals surface area contributed by atoms with Crippen LogP contribution in [0.3, 0.4) is 0 Å². The van der Waals surface area contributed by atoms with Gasteiger partial charge in [-0.1, -0.05) is 50.6 Å². The van der Waals surface area contributed by atoms with E-state index < -0.39 is 0 Å². The summed E-state index contributed by atoms with van der Waals surface area (Å²) in [5, 5.41) is 2.40. The summed E-state index contributed by atoms with van der Waals surface area (Å²) in [5.74, 6) is 1.97. The third-order valence-electron chi connectivity index (χ3n) is 3.35. The van der Waals surface area contributed by atoms with E-state index in [2.05, 4.69) is 32.0 Å². The second-order valence-electron chi connectivity index (χ2n) is 4.72. The van der Waals surface area contributed by atoms with Gasteiger partial charge in [0.2, 0.25) is 0 Å². The van der Waals surface area contributed by atoms with Crippen molar-refractivity contribution in [2.24, 2.45) is 5.92 Å². The first-order chi connectivity index (χ1) is 8.76.